The highest BCUT2D eigenvalue weighted by Crippen LogP contribution is 2.47. The molecule has 0 N–H and O–H groups in total. The predicted molar refractivity (Wildman–Crippen MR) is 221 cm³/mol. The Hall–Kier alpha value is -6.62. The van der Waals surface area contributed by atoms with Crippen molar-refractivity contribution in [1.29, 1.82) is 0 Å². The molecule has 0 unspecified atom stereocenters. The van der Waals surface area contributed by atoms with E-state index in [1.807, 2.05) is 18.2 Å². The maximum Gasteiger partial charge on any atom is 0.147 e. The third-order valence-corrected chi connectivity index (χ3v) is 11.3. The Morgan fingerprint density at radius 2 is 1.08 bits per heavy atom. The molecule has 0 aliphatic rings. The Labute approximate surface area is 310 Å². The number of hydrogen-bond acceptors (Lipinski definition) is 2. The van der Waals surface area contributed by atoms with Crippen molar-refractivity contribution >= 4 is 42.5 Å². The molecule has 0 radical (unpaired) electrons. The zero-order chi connectivity index (χ0) is 35.3. The van der Waals surface area contributed by atoms with Crippen LogP contribution in [0.2, 0.25) is 0 Å². The Balaban J connectivity index is 1.27. The van der Waals surface area contributed by atoms with E-state index >= 15 is 4.39 Å². The molecule has 0 saturated carbocycles. The first-order valence-corrected chi connectivity index (χ1v) is 18.6. The van der Waals surface area contributed by atoms with E-state index in [9.17, 15) is 0 Å². The van der Waals surface area contributed by atoms with Crippen molar-refractivity contribution in [2.75, 3.05) is 0 Å². The van der Waals surface area contributed by atoms with Crippen LogP contribution in [0.15, 0.2) is 188 Å². The van der Waals surface area contributed by atoms with Crippen LogP contribution in [0.25, 0.3) is 92.8 Å². The summed E-state index contributed by atoms with van der Waals surface area (Å²) in [5, 5.41) is 2.32. The number of aromatic nitrogens is 2. The Morgan fingerprint density at radius 1 is 0.453 bits per heavy atom. The van der Waals surface area contributed by atoms with Gasteiger partial charge in [0.25, 0.3) is 0 Å². The predicted octanol–water partition coefficient (Wildman–Crippen LogP) is 13.9. The molecule has 2 aromatic heterocycles. The fourth-order valence-electron chi connectivity index (χ4n) is 7.62. The van der Waals surface area contributed by atoms with Crippen LogP contribution in [-0.2, 0) is 0 Å². The molecule has 250 valence electrons. The average molecular weight is 699 g/mol. The summed E-state index contributed by atoms with van der Waals surface area (Å²) in [6.07, 6.45) is 0. The molecular formula is C49H31FN2S. The van der Waals surface area contributed by atoms with Gasteiger partial charge in [-0.3, -0.25) is 4.57 Å². The maximum atomic E-state index is 15.0. The second kappa shape index (κ2) is 12.9. The van der Waals surface area contributed by atoms with Crippen LogP contribution in [0.1, 0.15) is 0 Å². The van der Waals surface area contributed by atoms with Crippen LogP contribution < -0.4 is 0 Å². The van der Waals surface area contributed by atoms with Gasteiger partial charge in [0.05, 0.1) is 16.7 Å². The topological polar surface area (TPSA) is 17.8 Å². The zero-order valence-corrected chi connectivity index (χ0v) is 29.4. The van der Waals surface area contributed by atoms with Crippen molar-refractivity contribution in [1.82, 2.24) is 9.55 Å². The molecule has 53 heavy (non-hydrogen) atoms. The van der Waals surface area contributed by atoms with E-state index in [-0.39, 0.29) is 5.82 Å². The summed E-state index contributed by atoms with van der Waals surface area (Å²) in [4.78, 5) is 5.39. The molecule has 0 aliphatic carbocycles. The highest BCUT2D eigenvalue weighted by Gasteiger charge is 2.23. The molecule has 8 aromatic carbocycles. The molecule has 10 aromatic rings. The quantitative estimate of drug-likeness (QED) is 0.169. The third-order valence-electron chi connectivity index (χ3n) is 10.1. The van der Waals surface area contributed by atoms with Gasteiger partial charge in [0.15, 0.2) is 0 Å². The molecule has 2 nitrogen and oxygen atoms in total. The summed E-state index contributed by atoms with van der Waals surface area (Å²) in [6.45, 7) is 0. The number of rotatable bonds is 6. The zero-order valence-electron chi connectivity index (χ0n) is 28.6. The minimum atomic E-state index is -0.222. The Bertz CT molecular complexity index is 2950. The molecule has 0 bridgehead atoms. The van der Waals surface area contributed by atoms with E-state index in [1.54, 1.807) is 17.4 Å². The van der Waals surface area contributed by atoms with Gasteiger partial charge in [-0.2, -0.15) is 0 Å². The summed E-state index contributed by atoms with van der Waals surface area (Å²) in [5.74, 6) is 0.654. The van der Waals surface area contributed by atoms with Crippen molar-refractivity contribution < 1.29 is 4.39 Å². The fraction of sp³-hybridized carbons (Fsp3) is 0. The minimum Gasteiger partial charge on any atom is -0.292 e. The second-order valence-corrected chi connectivity index (χ2v) is 14.3. The van der Waals surface area contributed by atoms with Crippen molar-refractivity contribution in [2.45, 2.75) is 0 Å². The van der Waals surface area contributed by atoms with Gasteiger partial charge in [-0.15, -0.1) is 11.3 Å². The first kappa shape index (κ1) is 31.1. The molecule has 4 heteroatoms. The maximum absolute atomic E-state index is 15.0. The van der Waals surface area contributed by atoms with Gasteiger partial charge in [-0.25, -0.2) is 9.37 Å². The van der Waals surface area contributed by atoms with E-state index in [0.29, 0.717) is 5.56 Å². The summed E-state index contributed by atoms with van der Waals surface area (Å²) in [7, 11) is 0. The average Bonchev–Trinajstić information content (AvgIpc) is 3.80. The largest absolute Gasteiger partial charge is 0.292 e. The molecule has 0 spiro atoms. The van der Waals surface area contributed by atoms with E-state index < -0.39 is 0 Å². The number of halogens is 1. The smallest absolute Gasteiger partial charge is 0.147 e. The first-order valence-electron chi connectivity index (χ1n) is 17.7. The summed E-state index contributed by atoms with van der Waals surface area (Å²) in [5.41, 5.74) is 12.4. The summed E-state index contributed by atoms with van der Waals surface area (Å²) in [6, 6.07) is 64.7. The number of imidazole rings is 1. The number of para-hydroxylation sites is 2. The van der Waals surface area contributed by atoms with Crippen LogP contribution in [0.4, 0.5) is 4.39 Å². The van der Waals surface area contributed by atoms with Gasteiger partial charge in [-0.1, -0.05) is 146 Å². The molecule has 0 saturated heterocycles. The molecule has 2 heterocycles. The standard InChI is InChI=1S/C49H31FN2S/c50-42-21-11-10-20-37(42)36-24-26-39-46(31-36)53-48-40(28-27-38(47(39)48)33-16-6-2-7-17-33)49-51-43-22-12-13-23-45(43)52(49)44-29-25-35(32-14-4-1-5-15-32)30-41(44)34-18-8-3-9-19-34/h1-31H. The number of hydrogen-bond donors (Lipinski definition) is 0. The first-order chi connectivity index (χ1) is 26.2. The van der Waals surface area contributed by atoms with Crippen molar-refractivity contribution in [3.05, 3.63) is 194 Å². The van der Waals surface area contributed by atoms with Crippen molar-refractivity contribution in [3.63, 3.8) is 0 Å². The van der Waals surface area contributed by atoms with E-state index in [4.69, 9.17) is 4.98 Å². The Kier molecular flexibility index (Phi) is 7.55. The number of fused-ring (bicyclic) bond motifs is 4. The number of nitrogens with zero attached hydrogens (tertiary/aromatic N) is 2. The summed E-state index contributed by atoms with van der Waals surface area (Å²) < 4.78 is 19.6. The summed E-state index contributed by atoms with van der Waals surface area (Å²) >= 11 is 1.74. The lowest BCUT2D eigenvalue weighted by Gasteiger charge is -2.17. The van der Waals surface area contributed by atoms with Crippen molar-refractivity contribution in [3.8, 4) is 61.6 Å². The van der Waals surface area contributed by atoms with Gasteiger partial charge < -0.3 is 0 Å². The van der Waals surface area contributed by atoms with Gasteiger partial charge in [0, 0.05) is 36.9 Å². The van der Waals surface area contributed by atoms with E-state index in [2.05, 4.69) is 162 Å². The van der Waals surface area contributed by atoms with E-state index in [0.717, 1.165) is 76.3 Å². The molecule has 0 aliphatic heterocycles. The number of benzene rings is 8. The van der Waals surface area contributed by atoms with Gasteiger partial charge in [0.1, 0.15) is 11.6 Å². The lowest BCUT2D eigenvalue weighted by atomic mass is 9.95. The van der Waals surface area contributed by atoms with Crippen LogP contribution >= 0.6 is 11.3 Å². The molecule has 0 fully saturated rings. The van der Waals surface area contributed by atoms with Crippen LogP contribution in [-0.4, -0.2) is 9.55 Å². The molecule has 10 rings (SSSR count). The molecule has 0 amide bonds. The molecular weight excluding hydrogens is 668 g/mol. The molecule has 0 atom stereocenters. The third kappa shape index (κ3) is 5.35. The second-order valence-electron chi connectivity index (χ2n) is 13.2. The van der Waals surface area contributed by atoms with Crippen LogP contribution in [0.3, 0.4) is 0 Å². The highest BCUT2D eigenvalue weighted by atomic mass is 32.1. The van der Waals surface area contributed by atoms with Crippen LogP contribution in [0, 0.1) is 5.82 Å². The monoisotopic (exact) mass is 698 g/mol. The lowest BCUT2D eigenvalue weighted by molar-refractivity contribution is 0.631. The van der Waals surface area contributed by atoms with Gasteiger partial charge >= 0.3 is 0 Å². The van der Waals surface area contributed by atoms with Gasteiger partial charge in [-0.05, 0) is 75.8 Å². The normalized spacial score (nSPS) is 11.5. The highest BCUT2D eigenvalue weighted by molar-refractivity contribution is 7.26. The SMILES string of the molecule is Fc1ccccc1-c1ccc2c(c1)sc1c(-c3nc4ccccc4n3-c3ccc(-c4ccccc4)cc3-c3ccccc3)ccc(-c3ccccc3)c12. The fourth-order valence-corrected chi connectivity index (χ4v) is 8.89. The minimum absolute atomic E-state index is 0.222. The Morgan fingerprint density at radius 3 is 1.83 bits per heavy atom. The number of thiophene rings is 1. The van der Waals surface area contributed by atoms with Crippen molar-refractivity contribution in [2.24, 2.45) is 0 Å². The van der Waals surface area contributed by atoms with Crippen LogP contribution in [0.5, 0.6) is 0 Å². The lowest BCUT2D eigenvalue weighted by Crippen LogP contribution is -2.01. The van der Waals surface area contributed by atoms with E-state index in [1.165, 1.54) is 17.0 Å². The van der Waals surface area contributed by atoms with Gasteiger partial charge in [0.2, 0.25) is 0 Å².